The molecule has 3 heteroatoms. The minimum Gasteiger partial charge on any atom is -0.231 e. The Balaban J connectivity index is 1.63. The van der Waals surface area contributed by atoms with Crippen molar-refractivity contribution >= 4 is 11.8 Å². The lowest BCUT2D eigenvalue weighted by Gasteiger charge is -2.07. The SMILES string of the molecule is Cc1cnc(SCCc2ccccc2)nc1Cc1ccccc1. The average Bonchev–Trinajstić information content (AvgIpc) is 2.60. The molecule has 0 saturated carbocycles. The Bertz CT molecular complexity index is 742. The van der Waals surface area contributed by atoms with Crippen molar-refractivity contribution in [2.45, 2.75) is 24.9 Å². The highest BCUT2D eigenvalue weighted by Gasteiger charge is 2.06. The molecule has 0 saturated heterocycles. The van der Waals surface area contributed by atoms with Crippen LogP contribution >= 0.6 is 11.8 Å². The van der Waals surface area contributed by atoms with Crippen LogP contribution in [-0.4, -0.2) is 15.7 Å². The standard InChI is InChI=1S/C20H20N2S/c1-16-15-21-20(23-13-12-17-8-4-2-5-9-17)22-19(16)14-18-10-6-3-7-11-18/h2-11,15H,12-14H2,1H3. The first-order valence-corrected chi connectivity index (χ1v) is 8.83. The van der Waals surface area contributed by atoms with Crippen molar-refractivity contribution in [3.8, 4) is 0 Å². The number of aromatic nitrogens is 2. The molecule has 0 unspecified atom stereocenters. The molecule has 3 rings (SSSR count). The van der Waals surface area contributed by atoms with Crippen LogP contribution in [0.3, 0.4) is 0 Å². The van der Waals surface area contributed by atoms with E-state index in [2.05, 4.69) is 66.5 Å². The number of thioether (sulfide) groups is 1. The lowest BCUT2D eigenvalue weighted by atomic mass is 10.1. The van der Waals surface area contributed by atoms with Crippen LogP contribution in [0.2, 0.25) is 0 Å². The number of hydrogen-bond donors (Lipinski definition) is 0. The maximum atomic E-state index is 4.75. The van der Waals surface area contributed by atoms with Gasteiger partial charge in [0.15, 0.2) is 5.16 Å². The van der Waals surface area contributed by atoms with Gasteiger partial charge in [0.05, 0.1) is 5.69 Å². The second kappa shape index (κ2) is 7.93. The Morgan fingerprint density at radius 1 is 0.870 bits per heavy atom. The molecule has 0 N–H and O–H groups in total. The fourth-order valence-corrected chi connectivity index (χ4v) is 3.22. The summed E-state index contributed by atoms with van der Waals surface area (Å²) in [5, 5.41) is 0.873. The molecule has 1 aromatic heterocycles. The second-order valence-corrected chi connectivity index (χ2v) is 6.59. The first-order valence-electron chi connectivity index (χ1n) is 7.84. The number of nitrogens with zero attached hydrogens (tertiary/aromatic N) is 2. The number of aryl methyl sites for hydroxylation is 2. The Morgan fingerprint density at radius 2 is 1.52 bits per heavy atom. The lowest BCUT2D eigenvalue weighted by Crippen LogP contribution is -2.00. The van der Waals surface area contributed by atoms with Crippen LogP contribution in [0.1, 0.15) is 22.4 Å². The largest absolute Gasteiger partial charge is 0.231 e. The van der Waals surface area contributed by atoms with Gasteiger partial charge in [-0.3, -0.25) is 0 Å². The Morgan fingerprint density at radius 3 is 2.22 bits per heavy atom. The van der Waals surface area contributed by atoms with Gasteiger partial charge in [0.25, 0.3) is 0 Å². The summed E-state index contributed by atoms with van der Waals surface area (Å²) in [5.74, 6) is 0.998. The first-order chi connectivity index (χ1) is 11.3. The molecule has 3 aromatic rings. The molecule has 0 spiro atoms. The minimum absolute atomic E-state index is 0.863. The van der Waals surface area contributed by atoms with Gasteiger partial charge < -0.3 is 0 Å². The van der Waals surface area contributed by atoms with Gasteiger partial charge in [-0.2, -0.15) is 0 Å². The van der Waals surface area contributed by atoms with Crippen LogP contribution in [0, 0.1) is 6.92 Å². The molecule has 0 radical (unpaired) electrons. The summed E-state index contributed by atoms with van der Waals surface area (Å²) in [6.45, 7) is 2.08. The van der Waals surface area contributed by atoms with Crippen LogP contribution in [0.5, 0.6) is 0 Å². The Labute approximate surface area is 142 Å². The third kappa shape index (κ3) is 4.67. The van der Waals surface area contributed by atoms with E-state index in [0.717, 1.165) is 35.0 Å². The molecule has 0 atom stereocenters. The molecule has 23 heavy (non-hydrogen) atoms. The van der Waals surface area contributed by atoms with E-state index >= 15 is 0 Å². The van der Waals surface area contributed by atoms with Gasteiger partial charge in [-0.05, 0) is 30.0 Å². The highest BCUT2D eigenvalue weighted by atomic mass is 32.2. The average molecular weight is 320 g/mol. The normalized spacial score (nSPS) is 10.7. The van der Waals surface area contributed by atoms with E-state index in [1.165, 1.54) is 11.1 Å². The maximum Gasteiger partial charge on any atom is 0.187 e. The molecule has 1 heterocycles. The van der Waals surface area contributed by atoms with Crippen LogP contribution in [-0.2, 0) is 12.8 Å². The van der Waals surface area contributed by atoms with Crippen molar-refractivity contribution in [1.82, 2.24) is 9.97 Å². The van der Waals surface area contributed by atoms with Crippen LogP contribution in [0.4, 0.5) is 0 Å². The summed E-state index contributed by atoms with van der Waals surface area (Å²) in [6, 6.07) is 21.0. The van der Waals surface area contributed by atoms with Gasteiger partial charge in [-0.15, -0.1) is 0 Å². The number of benzene rings is 2. The van der Waals surface area contributed by atoms with E-state index in [0.29, 0.717) is 0 Å². The molecule has 0 amide bonds. The maximum absolute atomic E-state index is 4.75. The quantitative estimate of drug-likeness (QED) is 0.486. The van der Waals surface area contributed by atoms with Crippen molar-refractivity contribution in [2.75, 3.05) is 5.75 Å². The Kier molecular flexibility index (Phi) is 5.43. The van der Waals surface area contributed by atoms with Crippen molar-refractivity contribution in [2.24, 2.45) is 0 Å². The summed E-state index contributed by atoms with van der Waals surface area (Å²) in [5.41, 5.74) is 4.92. The zero-order chi connectivity index (χ0) is 15.9. The number of hydrogen-bond acceptors (Lipinski definition) is 3. The van der Waals surface area contributed by atoms with Gasteiger partial charge in [-0.1, -0.05) is 72.4 Å². The summed E-state index contributed by atoms with van der Waals surface area (Å²) < 4.78 is 0. The molecular formula is C20H20N2S. The predicted molar refractivity (Wildman–Crippen MR) is 96.9 cm³/mol. The van der Waals surface area contributed by atoms with E-state index in [1.54, 1.807) is 11.8 Å². The summed E-state index contributed by atoms with van der Waals surface area (Å²) in [4.78, 5) is 9.21. The van der Waals surface area contributed by atoms with Gasteiger partial charge in [-0.25, -0.2) is 9.97 Å². The third-order valence-electron chi connectivity index (χ3n) is 3.73. The van der Waals surface area contributed by atoms with E-state index in [-0.39, 0.29) is 0 Å². The fourth-order valence-electron chi connectivity index (χ4n) is 2.40. The third-order valence-corrected chi connectivity index (χ3v) is 4.60. The molecule has 0 aliphatic rings. The van der Waals surface area contributed by atoms with Gasteiger partial charge in [0, 0.05) is 18.4 Å². The monoisotopic (exact) mass is 320 g/mol. The van der Waals surface area contributed by atoms with Gasteiger partial charge in [0.2, 0.25) is 0 Å². The molecule has 0 fully saturated rings. The highest BCUT2D eigenvalue weighted by Crippen LogP contribution is 2.18. The van der Waals surface area contributed by atoms with E-state index in [1.807, 2.05) is 12.3 Å². The molecule has 0 aliphatic heterocycles. The van der Waals surface area contributed by atoms with Crippen molar-refractivity contribution < 1.29 is 0 Å². The van der Waals surface area contributed by atoms with Crippen LogP contribution < -0.4 is 0 Å². The molecular weight excluding hydrogens is 300 g/mol. The molecule has 2 nitrogen and oxygen atoms in total. The summed E-state index contributed by atoms with van der Waals surface area (Å²) in [6.07, 6.45) is 3.84. The van der Waals surface area contributed by atoms with Crippen molar-refractivity contribution in [3.63, 3.8) is 0 Å². The zero-order valence-corrected chi connectivity index (χ0v) is 14.1. The predicted octanol–water partition coefficient (Wildman–Crippen LogP) is 4.71. The van der Waals surface area contributed by atoms with Crippen LogP contribution in [0.25, 0.3) is 0 Å². The Hall–Kier alpha value is -2.13. The molecule has 0 bridgehead atoms. The lowest BCUT2D eigenvalue weighted by molar-refractivity contribution is 0.882. The summed E-state index contributed by atoms with van der Waals surface area (Å²) in [7, 11) is 0. The fraction of sp³-hybridized carbons (Fsp3) is 0.200. The van der Waals surface area contributed by atoms with Crippen LogP contribution in [0.15, 0.2) is 72.0 Å². The molecule has 0 aliphatic carbocycles. The van der Waals surface area contributed by atoms with E-state index in [9.17, 15) is 0 Å². The van der Waals surface area contributed by atoms with Crippen molar-refractivity contribution in [3.05, 3.63) is 89.2 Å². The molecule has 116 valence electrons. The second-order valence-electron chi connectivity index (χ2n) is 5.53. The zero-order valence-electron chi connectivity index (χ0n) is 13.3. The topological polar surface area (TPSA) is 25.8 Å². The van der Waals surface area contributed by atoms with Gasteiger partial charge in [0.1, 0.15) is 0 Å². The smallest absolute Gasteiger partial charge is 0.187 e. The number of rotatable bonds is 6. The van der Waals surface area contributed by atoms with Gasteiger partial charge >= 0.3 is 0 Å². The molecule has 2 aromatic carbocycles. The highest BCUT2D eigenvalue weighted by molar-refractivity contribution is 7.99. The summed E-state index contributed by atoms with van der Waals surface area (Å²) >= 11 is 1.73. The van der Waals surface area contributed by atoms with E-state index in [4.69, 9.17) is 4.98 Å². The first kappa shape index (κ1) is 15.8. The van der Waals surface area contributed by atoms with E-state index < -0.39 is 0 Å². The minimum atomic E-state index is 0.863. The van der Waals surface area contributed by atoms with Crippen molar-refractivity contribution in [1.29, 1.82) is 0 Å².